The Balaban J connectivity index is 1.35. The molecule has 0 spiro atoms. The van der Waals surface area contributed by atoms with Gasteiger partial charge in [0.25, 0.3) is 0 Å². The molecule has 25 heavy (non-hydrogen) atoms. The van der Waals surface area contributed by atoms with Gasteiger partial charge in [-0.3, -0.25) is 4.79 Å². The molecule has 2 aromatic carbocycles. The number of nitrogens with one attached hydrogen (secondary N) is 2. The first-order valence-electron chi connectivity index (χ1n) is 8.82. The zero-order chi connectivity index (χ0) is 17.3. The third kappa shape index (κ3) is 5.43. The monoisotopic (exact) mass is 337 g/mol. The summed E-state index contributed by atoms with van der Waals surface area (Å²) in [4.78, 5) is 15.8. The summed E-state index contributed by atoms with van der Waals surface area (Å²) < 4.78 is 0. The molecule has 3 rings (SSSR count). The number of hydrogen-bond donors (Lipinski definition) is 2. The van der Waals surface area contributed by atoms with Crippen LogP contribution in [-0.4, -0.2) is 44.8 Å². The Morgan fingerprint density at radius 2 is 1.68 bits per heavy atom. The molecule has 2 N–H and O–H groups in total. The molecule has 0 atom stereocenters. The molecule has 0 unspecified atom stereocenters. The summed E-state index contributed by atoms with van der Waals surface area (Å²) in [5.74, 6) is -0.0230. The molecule has 0 bridgehead atoms. The molecule has 1 heterocycles. The molecule has 1 aliphatic rings. The van der Waals surface area contributed by atoms with E-state index in [4.69, 9.17) is 0 Å². The van der Waals surface area contributed by atoms with Crippen molar-refractivity contribution >= 4 is 17.8 Å². The number of piperazine rings is 1. The van der Waals surface area contributed by atoms with E-state index in [1.165, 1.54) is 10.6 Å². The summed E-state index contributed by atoms with van der Waals surface area (Å²) in [5.41, 5.74) is 4.88. The van der Waals surface area contributed by atoms with Gasteiger partial charge in [0.2, 0.25) is 5.91 Å². The molecule has 1 amide bonds. The van der Waals surface area contributed by atoms with Crippen molar-refractivity contribution in [3.05, 3.63) is 66.2 Å². The van der Waals surface area contributed by atoms with Crippen LogP contribution in [0.2, 0.25) is 0 Å². The zero-order valence-corrected chi connectivity index (χ0v) is 14.4. The van der Waals surface area contributed by atoms with Gasteiger partial charge < -0.3 is 9.80 Å². The van der Waals surface area contributed by atoms with Crippen molar-refractivity contribution < 1.29 is 9.69 Å². The standard InChI is InChI=1S/C20H24N4O/c25-20(22-21-17-18-7-3-1-4-8-18)11-12-23-13-15-24(16-14-23)19-9-5-2-6-10-19/h1-10,17H,11-16H2,(H,22,25)/p+1. The minimum atomic E-state index is -0.0230. The molecule has 1 fully saturated rings. The molecule has 1 saturated heterocycles. The summed E-state index contributed by atoms with van der Waals surface area (Å²) in [5, 5.41) is 4.01. The SMILES string of the molecule is O=C(CC[NH+]1CCN(c2ccccc2)CC1)NN=Cc1ccccc1. The van der Waals surface area contributed by atoms with Crippen molar-refractivity contribution in [2.24, 2.45) is 5.10 Å². The smallest absolute Gasteiger partial charge is 0.245 e. The Kier molecular flexibility index (Phi) is 6.17. The van der Waals surface area contributed by atoms with Crippen LogP contribution in [0.5, 0.6) is 0 Å². The molecule has 0 aromatic heterocycles. The third-order valence-electron chi connectivity index (χ3n) is 4.50. The second kappa shape index (κ2) is 8.99. The third-order valence-corrected chi connectivity index (χ3v) is 4.50. The highest BCUT2D eigenvalue weighted by molar-refractivity contribution is 5.82. The van der Waals surface area contributed by atoms with Crippen molar-refractivity contribution in [1.29, 1.82) is 0 Å². The van der Waals surface area contributed by atoms with Crippen LogP contribution < -0.4 is 15.2 Å². The molecule has 0 aliphatic carbocycles. The summed E-state index contributed by atoms with van der Waals surface area (Å²) in [6.45, 7) is 5.06. The lowest BCUT2D eigenvalue weighted by atomic mass is 10.2. The number of rotatable bonds is 6. The molecule has 0 saturated carbocycles. The molecule has 5 heteroatoms. The fourth-order valence-electron chi connectivity index (χ4n) is 3.03. The van der Waals surface area contributed by atoms with Crippen molar-refractivity contribution in [3.63, 3.8) is 0 Å². The van der Waals surface area contributed by atoms with Crippen molar-refractivity contribution in [3.8, 4) is 0 Å². The van der Waals surface area contributed by atoms with Gasteiger partial charge in [-0.15, -0.1) is 0 Å². The van der Waals surface area contributed by atoms with Crippen LogP contribution in [0.15, 0.2) is 65.8 Å². The van der Waals surface area contributed by atoms with Gasteiger partial charge in [0.05, 0.1) is 45.4 Å². The van der Waals surface area contributed by atoms with E-state index in [0.717, 1.165) is 38.3 Å². The largest absolute Gasteiger partial charge is 0.360 e. The van der Waals surface area contributed by atoms with Gasteiger partial charge in [0, 0.05) is 5.69 Å². The summed E-state index contributed by atoms with van der Waals surface area (Å²) in [6, 6.07) is 20.3. The second-order valence-electron chi connectivity index (χ2n) is 6.28. The lowest BCUT2D eigenvalue weighted by molar-refractivity contribution is -0.900. The van der Waals surface area contributed by atoms with Crippen LogP contribution in [0.3, 0.4) is 0 Å². The van der Waals surface area contributed by atoms with E-state index < -0.39 is 0 Å². The Bertz CT molecular complexity index is 679. The summed E-state index contributed by atoms with van der Waals surface area (Å²) in [7, 11) is 0. The second-order valence-corrected chi connectivity index (χ2v) is 6.28. The number of hydrogen-bond acceptors (Lipinski definition) is 3. The van der Waals surface area contributed by atoms with E-state index in [1.54, 1.807) is 6.21 Å². The Labute approximate surface area is 148 Å². The van der Waals surface area contributed by atoms with Gasteiger partial charge in [-0.1, -0.05) is 48.5 Å². The predicted molar refractivity (Wildman–Crippen MR) is 101 cm³/mol. The highest BCUT2D eigenvalue weighted by Crippen LogP contribution is 2.12. The number of carbonyl (C=O) groups is 1. The molecular formula is C20H25N4O+. The van der Waals surface area contributed by atoms with E-state index >= 15 is 0 Å². The number of benzene rings is 2. The maximum Gasteiger partial charge on any atom is 0.245 e. The van der Waals surface area contributed by atoms with Gasteiger partial charge in [-0.2, -0.15) is 5.10 Å². The van der Waals surface area contributed by atoms with Gasteiger partial charge in [-0.05, 0) is 17.7 Å². The Morgan fingerprint density at radius 3 is 2.36 bits per heavy atom. The van der Waals surface area contributed by atoms with Crippen LogP contribution in [0.1, 0.15) is 12.0 Å². The fraction of sp³-hybridized carbons (Fsp3) is 0.300. The van der Waals surface area contributed by atoms with Crippen LogP contribution in [-0.2, 0) is 4.79 Å². The highest BCUT2D eigenvalue weighted by atomic mass is 16.2. The summed E-state index contributed by atoms with van der Waals surface area (Å²) in [6.07, 6.45) is 2.18. The lowest BCUT2D eigenvalue weighted by Gasteiger charge is -2.33. The van der Waals surface area contributed by atoms with Gasteiger partial charge in [-0.25, -0.2) is 5.43 Å². The summed E-state index contributed by atoms with van der Waals surface area (Å²) >= 11 is 0. The molecule has 0 radical (unpaired) electrons. The number of carbonyl (C=O) groups excluding carboxylic acids is 1. The molecule has 1 aliphatic heterocycles. The fourth-order valence-corrected chi connectivity index (χ4v) is 3.03. The molecular weight excluding hydrogens is 312 g/mol. The number of hydrazone groups is 1. The van der Waals surface area contributed by atoms with Crippen LogP contribution >= 0.6 is 0 Å². The van der Waals surface area contributed by atoms with E-state index in [9.17, 15) is 4.79 Å². The first-order chi connectivity index (χ1) is 12.3. The van der Waals surface area contributed by atoms with E-state index in [2.05, 4.69) is 39.7 Å². The van der Waals surface area contributed by atoms with E-state index in [0.29, 0.717) is 6.42 Å². The maximum absolute atomic E-state index is 11.9. The van der Waals surface area contributed by atoms with Crippen molar-refractivity contribution in [1.82, 2.24) is 5.43 Å². The predicted octanol–water partition coefficient (Wildman–Crippen LogP) is 0.932. The van der Waals surface area contributed by atoms with Crippen LogP contribution in [0.4, 0.5) is 5.69 Å². The number of para-hydroxylation sites is 1. The minimum Gasteiger partial charge on any atom is -0.360 e. The molecule has 5 nitrogen and oxygen atoms in total. The highest BCUT2D eigenvalue weighted by Gasteiger charge is 2.20. The van der Waals surface area contributed by atoms with E-state index in [1.807, 2.05) is 36.4 Å². The first-order valence-corrected chi connectivity index (χ1v) is 8.82. The quantitative estimate of drug-likeness (QED) is 0.609. The number of nitrogens with zero attached hydrogens (tertiary/aromatic N) is 2. The van der Waals surface area contributed by atoms with Crippen molar-refractivity contribution in [2.45, 2.75) is 6.42 Å². The van der Waals surface area contributed by atoms with Crippen LogP contribution in [0.25, 0.3) is 0 Å². The maximum atomic E-state index is 11.9. The topological polar surface area (TPSA) is 49.1 Å². The average Bonchev–Trinajstić information content (AvgIpc) is 2.68. The Morgan fingerprint density at radius 1 is 1.04 bits per heavy atom. The van der Waals surface area contributed by atoms with Gasteiger partial charge >= 0.3 is 0 Å². The minimum absolute atomic E-state index is 0.0230. The van der Waals surface area contributed by atoms with Gasteiger partial charge in [0.1, 0.15) is 0 Å². The van der Waals surface area contributed by atoms with Crippen molar-refractivity contribution in [2.75, 3.05) is 37.6 Å². The number of amides is 1. The zero-order valence-electron chi connectivity index (χ0n) is 14.4. The first kappa shape index (κ1) is 17.2. The Hall–Kier alpha value is -2.66. The number of anilines is 1. The van der Waals surface area contributed by atoms with Gasteiger partial charge in [0.15, 0.2) is 0 Å². The molecule has 130 valence electrons. The molecule has 2 aromatic rings. The lowest BCUT2D eigenvalue weighted by Crippen LogP contribution is -3.15. The van der Waals surface area contributed by atoms with Crippen LogP contribution in [0, 0.1) is 0 Å². The normalized spacial score (nSPS) is 15.4. The number of quaternary nitrogens is 1. The average molecular weight is 337 g/mol. The van der Waals surface area contributed by atoms with E-state index in [-0.39, 0.29) is 5.91 Å².